The van der Waals surface area contributed by atoms with Crippen LogP contribution in [-0.4, -0.2) is 29.3 Å². The lowest BCUT2D eigenvalue weighted by Gasteiger charge is -2.25. The Balaban J connectivity index is 2.80. The molecule has 0 fully saturated rings. The van der Waals surface area contributed by atoms with Gasteiger partial charge in [-0.15, -0.1) is 0 Å². The minimum Gasteiger partial charge on any atom is -0.480 e. The minimum absolute atomic E-state index is 0.00576. The first-order valence-electron chi connectivity index (χ1n) is 5.91. The largest absolute Gasteiger partial charge is 0.480 e. The van der Waals surface area contributed by atoms with E-state index in [0.717, 1.165) is 0 Å². The van der Waals surface area contributed by atoms with E-state index in [1.807, 2.05) is 0 Å². The molecule has 2 N–H and O–H groups in total. The number of carbonyl (C=O) groups excluding carboxylic acids is 1. The second-order valence-electron chi connectivity index (χ2n) is 4.45. The van der Waals surface area contributed by atoms with Crippen molar-refractivity contribution in [1.29, 1.82) is 0 Å². The summed E-state index contributed by atoms with van der Waals surface area (Å²) in [7, 11) is 0. The van der Waals surface area contributed by atoms with Crippen LogP contribution >= 0.6 is 0 Å². The van der Waals surface area contributed by atoms with E-state index in [9.17, 15) is 19.1 Å². The van der Waals surface area contributed by atoms with Crippen molar-refractivity contribution in [2.24, 2.45) is 0 Å². The van der Waals surface area contributed by atoms with Crippen LogP contribution in [0, 0.1) is 5.82 Å². The average Bonchev–Trinajstić information content (AvgIpc) is 2.39. The highest BCUT2D eigenvalue weighted by Gasteiger charge is 2.35. The summed E-state index contributed by atoms with van der Waals surface area (Å²) >= 11 is 0. The number of carboxylic acid groups (broad SMARTS) is 1. The number of carbonyl (C=O) groups is 2. The van der Waals surface area contributed by atoms with E-state index >= 15 is 0 Å². The van der Waals surface area contributed by atoms with E-state index < -0.39 is 23.4 Å². The number of nitrogens with one attached hydrogen (secondary N) is 1. The summed E-state index contributed by atoms with van der Waals surface area (Å²) in [5, 5.41) is 11.5. The maximum atomic E-state index is 12.8. The Morgan fingerprint density at radius 2 is 2.05 bits per heavy atom. The number of carboxylic acids is 1. The Labute approximate surface area is 116 Å². The van der Waals surface area contributed by atoms with E-state index in [-0.39, 0.29) is 13.0 Å². The first-order chi connectivity index (χ1) is 9.37. The van der Waals surface area contributed by atoms with Gasteiger partial charge in [-0.3, -0.25) is 0 Å². The predicted octanol–water partition coefficient (Wildman–Crippen LogP) is 2.12. The van der Waals surface area contributed by atoms with Gasteiger partial charge >= 0.3 is 12.1 Å². The summed E-state index contributed by atoms with van der Waals surface area (Å²) in [6.07, 6.45) is 0.528. The number of aliphatic carboxylic acids is 1. The Hall–Kier alpha value is -2.37. The van der Waals surface area contributed by atoms with Gasteiger partial charge in [-0.1, -0.05) is 24.8 Å². The summed E-state index contributed by atoms with van der Waals surface area (Å²) in [6, 6.07) is 5.39. The molecular weight excluding hydrogens is 265 g/mol. The Morgan fingerprint density at radius 3 is 2.55 bits per heavy atom. The summed E-state index contributed by atoms with van der Waals surface area (Å²) in [6.45, 7) is 4.72. The third-order valence-corrected chi connectivity index (χ3v) is 2.65. The van der Waals surface area contributed by atoms with Gasteiger partial charge in [-0.05, 0) is 24.6 Å². The van der Waals surface area contributed by atoms with Crippen LogP contribution in [-0.2, 0) is 16.0 Å². The molecule has 0 bridgehead atoms. The van der Waals surface area contributed by atoms with Gasteiger partial charge in [0.2, 0.25) is 0 Å². The number of amides is 1. The van der Waals surface area contributed by atoms with E-state index in [4.69, 9.17) is 4.74 Å². The van der Waals surface area contributed by atoms with Gasteiger partial charge in [0.15, 0.2) is 0 Å². The van der Waals surface area contributed by atoms with E-state index in [1.165, 1.54) is 37.3 Å². The topological polar surface area (TPSA) is 75.6 Å². The molecule has 0 saturated heterocycles. The Bertz CT molecular complexity index is 500. The van der Waals surface area contributed by atoms with Crippen molar-refractivity contribution in [2.75, 3.05) is 6.61 Å². The zero-order valence-electron chi connectivity index (χ0n) is 11.1. The van der Waals surface area contributed by atoms with Crippen LogP contribution in [0.1, 0.15) is 12.5 Å². The molecular formula is C14H16FNO4. The molecule has 1 aromatic carbocycles. The fourth-order valence-corrected chi connectivity index (χ4v) is 1.58. The highest BCUT2D eigenvalue weighted by Crippen LogP contribution is 2.15. The summed E-state index contributed by atoms with van der Waals surface area (Å²) in [5.41, 5.74) is -0.962. The molecule has 6 heteroatoms. The molecule has 5 nitrogen and oxygen atoms in total. The van der Waals surface area contributed by atoms with Crippen LogP contribution in [0.3, 0.4) is 0 Å². The van der Waals surface area contributed by atoms with Crippen LogP contribution in [0.2, 0.25) is 0 Å². The smallest absolute Gasteiger partial charge is 0.408 e. The number of rotatable bonds is 6. The number of hydrogen-bond donors (Lipinski definition) is 2. The first-order valence-corrected chi connectivity index (χ1v) is 5.91. The number of hydrogen-bond acceptors (Lipinski definition) is 3. The van der Waals surface area contributed by atoms with Crippen molar-refractivity contribution in [3.8, 4) is 0 Å². The second-order valence-corrected chi connectivity index (χ2v) is 4.45. The molecule has 1 amide bonds. The van der Waals surface area contributed by atoms with Crippen LogP contribution in [0.15, 0.2) is 36.9 Å². The van der Waals surface area contributed by atoms with Crippen molar-refractivity contribution in [1.82, 2.24) is 5.32 Å². The first kappa shape index (κ1) is 15.7. The van der Waals surface area contributed by atoms with E-state index in [0.29, 0.717) is 5.56 Å². The quantitative estimate of drug-likeness (QED) is 0.783. The average molecular weight is 281 g/mol. The third kappa shape index (κ3) is 4.38. The molecule has 0 spiro atoms. The lowest BCUT2D eigenvalue weighted by Crippen LogP contribution is -2.54. The number of ether oxygens (including phenoxy) is 1. The van der Waals surface area contributed by atoms with Gasteiger partial charge < -0.3 is 15.2 Å². The zero-order valence-corrected chi connectivity index (χ0v) is 11.1. The van der Waals surface area contributed by atoms with Crippen molar-refractivity contribution in [3.63, 3.8) is 0 Å². The molecule has 1 rings (SSSR count). The molecule has 1 atom stereocenters. The lowest BCUT2D eigenvalue weighted by atomic mass is 9.93. The van der Waals surface area contributed by atoms with Crippen LogP contribution < -0.4 is 5.32 Å². The molecule has 1 aromatic rings. The van der Waals surface area contributed by atoms with Gasteiger partial charge in [0, 0.05) is 6.42 Å². The van der Waals surface area contributed by atoms with Gasteiger partial charge in [-0.25, -0.2) is 14.0 Å². The zero-order chi connectivity index (χ0) is 15.2. The number of benzene rings is 1. The van der Waals surface area contributed by atoms with Gasteiger partial charge in [0.05, 0.1) is 0 Å². The fraction of sp³-hybridized carbons (Fsp3) is 0.286. The van der Waals surface area contributed by atoms with Crippen LogP contribution in [0.4, 0.5) is 9.18 Å². The molecule has 0 radical (unpaired) electrons. The minimum atomic E-state index is -1.55. The fourth-order valence-electron chi connectivity index (χ4n) is 1.58. The molecule has 0 aliphatic carbocycles. The predicted molar refractivity (Wildman–Crippen MR) is 70.8 cm³/mol. The molecule has 0 aliphatic rings. The van der Waals surface area contributed by atoms with E-state index in [1.54, 1.807) is 0 Å². The molecule has 108 valence electrons. The Kier molecular flexibility index (Phi) is 5.25. The summed E-state index contributed by atoms with van der Waals surface area (Å²) < 4.78 is 17.5. The summed E-state index contributed by atoms with van der Waals surface area (Å²) in [4.78, 5) is 22.8. The number of alkyl carbamates (subject to hydrolysis) is 1. The standard InChI is InChI=1S/C14H16FNO4/c1-3-8-20-13(19)16-14(2,12(17)18)9-10-4-6-11(15)7-5-10/h3-7H,1,8-9H2,2H3,(H,16,19)(H,17,18). The normalized spacial score (nSPS) is 13.1. The SMILES string of the molecule is C=CCOC(=O)NC(C)(Cc1ccc(F)cc1)C(=O)O. The third-order valence-electron chi connectivity index (χ3n) is 2.65. The van der Waals surface area contributed by atoms with Crippen LogP contribution in [0.5, 0.6) is 0 Å². The second kappa shape index (κ2) is 6.70. The van der Waals surface area contributed by atoms with Gasteiger partial charge in [-0.2, -0.15) is 0 Å². The van der Waals surface area contributed by atoms with Crippen molar-refractivity contribution >= 4 is 12.1 Å². The summed E-state index contributed by atoms with van der Waals surface area (Å²) in [5.74, 6) is -1.62. The molecule has 0 aromatic heterocycles. The van der Waals surface area contributed by atoms with Gasteiger partial charge in [0.25, 0.3) is 0 Å². The maximum absolute atomic E-state index is 12.8. The van der Waals surface area contributed by atoms with Gasteiger partial charge in [0.1, 0.15) is 18.0 Å². The molecule has 1 unspecified atom stereocenters. The molecule has 0 aliphatic heterocycles. The van der Waals surface area contributed by atoms with E-state index in [2.05, 4.69) is 11.9 Å². The van der Waals surface area contributed by atoms with Crippen molar-refractivity contribution in [2.45, 2.75) is 18.9 Å². The molecule has 0 heterocycles. The Morgan fingerprint density at radius 1 is 1.45 bits per heavy atom. The van der Waals surface area contributed by atoms with Crippen molar-refractivity contribution in [3.05, 3.63) is 48.3 Å². The lowest BCUT2D eigenvalue weighted by molar-refractivity contribution is -0.143. The molecule has 0 saturated carbocycles. The van der Waals surface area contributed by atoms with Crippen LogP contribution in [0.25, 0.3) is 0 Å². The van der Waals surface area contributed by atoms with Crippen molar-refractivity contribution < 1.29 is 23.8 Å². The maximum Gasteiger partial charge on any atom is 0.408 e. The monoisotopic (exact) mass is 281 g/mol. The highest BCUT2D eigenvalue weighted by atomic mass is 19.1. The highest BCUT2D eigenvalue weighted by molar-refractivity contribution is 5.84. The number of halogens is 1. The molecule has 20 heavy (non-hydrogen) atoms.